The van der Waals surface area contributed by atoms with Gasteiger partial charge in [0, 0.05) is 22.7 Å². The van der Waals surface area contributed by atoms with E-state index in [-0.39, 0.29) is 11.9 Å². The van der Waals surface area contributed by atoms with Gasteiger partial charge in [0.25, 0.3) is 0 Å². The van der Waals surface area contributed by atoms with Gasteiger partial charge in [-0.15, -0.1) is 0 Å². The van der Waals surface area contributed by atoms with Crippen LogP contribution in [0.25, 0.3) is 6.08 Å². The van der Waals surface area contributed by atoms with Gasteiger partial charge in [-0.2, -0.15) is 0 Å². The zero-order valence-electron chi connectivity index (χ0n) is 15.9. The van der Waals surface area contributed by atoms with Crippen molar-refractivity contribution in [3.63, 3.8) is 0 Å². The fourth-order valence-electron chi connectivity index (χ4n) is 2.68. The van der Waals surface area contributed by atoms with E-state index in [1.54, 1.807) is 39.5 Å². The van der Waals surface area contributed by atoms with Crippen molar-refractivity contribution in [3.05, 3.63) is 58.6 Å². The predicted octanol–water partition coefficient (Wildman–Crippen LogP) is 4.65. The SMILES string of the molecule is CCC(NC(=O)/C=C/c1cc(OC)c(OC)cc1OC)c1ccc(Cl)cc1. The Labute approximate surface area is 164 Å². The average molecular weight is 390 g/mol. The molecule has 0 aliphatic rings. The topological polar surface area (TPSA) is 56.8 Å². The van der Waals surface area contributed by atoms with Crippen molar-refractivity contribution in [2.75, 3.05) is 21.3 Å². The maximum absolute atomic E-state index is 12.4. The number of carbonyl (C=O) groups excluding carboxylic acids is 1. The van der Waals surface area contributed by atoms with Crippen LogP contribution in [-0.4, -0.2) is 27.2 Å². The summed E-state index contributed by atoms with van der Waals surface area (Å²) in [5.41, 5.74) is 1.72. The van der Waals surface area contributed by atoms with E-state index in [9.17, 15) is 4.79 Å². The number of hydrogen-bond donors (Lipinski definition) is 1. The van der Waals surface area contributed by atoms with Crippen LogP contribution in [0.15, 0.2) is 42.5 Å². The lowest BCUT2D eigenvalue weighted by atomic mass is 10.0. The van der Waals surface area contributed by atoms with Crippen LogP contribution in [0.2, 0.25) is 5.02 Å². The molecule has 0 fully saturated rings. The smallest absolute Gasteiger partial charge is 0.244 e. The number of carbonyl (C=O) groups is 1. The molecule has 0 aromatic heterocycles. The largest absolute Gasteiger partial charge is 0.496 e. The Morgan fingerprint density at radius 2 is 1.63 bits per heavy atom. The molecule has 5 nitrogen and oxygen atoms in total. The lowest BCUT2D eigenvalue weighted by molar-refractivity contribution is -0.117. The van der Waals surface area contributed by atoms with Crippen LogP contribution in [0.3, 0.4) is 0 Å². The van der Waals surface area contributed by atoms with E-state index in [2.05, 4.69) is 5.32 Å². The van der Waals surface area contributed by atoms with Gasteiger partial charge in [-0.1, -0.05) is 30.7 Å². The summed E-state index contributed by atoms with van der Waals surface area (Å²) in [6.07, 6.45) is 3.92. The third kappa shape index (κ3) is 5.41. The van der Waals surface area contributed by atoms with Crippen LogP contribution in [0, 0.1) is 0 Å². The molecular formula is C21H24ClNO4. The van der Waals surface area contributed by atoms with Crippen molar-refractivity contribution < 1.29 is 19.0 Å². The minimum Gasteiger partial charge on any atom is -0.496 e. The molecule has 1 atom stereocenters. The highest BCUT2D eigenvalue weighted by molar-refractivity contribution is 6.30. The third-order valence-electron chi connectivity index (χ3n) is 4.15. The van der Waals surface area contributed by atoms with Crippen LogP contribution >= 0.6 is 11.6 Å². The molecule has 1 N–H and O–H groups in total. The number of benzene rings is 2. The highest BCUT2D eigenvalue weighted by atomic mass is 35.5. The Kier molecular flexibility index (Phi) is 7.55. The summed E-state index contributed by atoms with van der Waals surface area (Å²) in [5, 5.41) is 3.66. The summed E-state index contributed by atoms with van der Waals surface area (Å²) >= 11 is 5.93. The fraction of sp³-hybridized carbons (Fsp3) is 0.286. The van der Waals surface area contributed by atoms with E-state index in [4.69, 9.17) is 25.8 Å². The van der Waals surface area contributed by atoms with E-state index in [0.717, 1.165) is 12.0 Å². The van der Waals surface area contributed by atoms with Crippen LogP contribution in [0.4, 0.5) is 0 Å². The fourth-order valence-corrected chi connectivity index (χ4v) is 2.81. The van der Waals surface area contributed by atoms with Gasteiger partial charge in [-0.3, -0.25) is 4.79 Å². The highest BCUT2D eigenvalue weighted by Gasteiger charge is 2.13. The van der Waals surface area contributed by atoms with Crippen molar-refractivity contribution in [3.8, 4) is 17.2 Å². The Morgan fingerprint density at radius 1 is 1.04 bits per heavy atom. The van der Waals surface area contributed by atoms with Crippen LogP contribution in [0.5, 0.6) is 17.2 Å². The second kappa shape index (κ2) is 9.88. The van der Waals surface area contributed by atoms with E-state index in [0.29, 0.717) is 27.8 Å². The van der Waals surface area contributed by atoms with Crippen LogP contribution in [0.1, 0.15) is 30.5 Å². The predicted molar refractivity (Wildman–Crippen MR) is 108 cm³/mol. The Hall–Kier alpha value is -2.66. The maximum atomic E-state index is 12.4. The van der Waals surface area contributed by atoms with Gasteiger partial charge in [-0.25, -0.2) is 0 Å². The first-order chi connectivity index (χ1) is 13.0. The van der Waals surface area contributed by atoms with Crippen LogP contribution < -0.4 is 19.5 Å². The van der Waals surface area contributed by atoms with Crippen molar-refractivity contribution in [1.29, 1.82) is 0 Å². The molecule has 0 bridgehead atoms. The van der Waals surface area contributed by atoms with Gasteiger partial charge in [-0.05, 0) is 36.3 Å². The van der Waals surface area contributed by atoms with Crippen molar-refractivity contribution >= 4 is 23.6 Å². The number of hydrogen-bond acceptors (Lipinski definition) is 4. The standard InChI is InChI=1S/C21H24ClNO4/c1-5-17(14-6-9-16(22)10-7-14)23-21(24)11-8-15-12-19(26-3)20(27-4)13-18(15)25-2/h6-13,17H,5H2,1-4H3,(H,23,24)/b11-8+. The van der Waals surface area contributed by atoms with Gasteiger partial charge in [0.05, 0.1) is 27.4 Å². The first-order valence-corrected chi connectivity index (χ1v) is 8.94. The Bertz CT molecular complexity index is 803. The molecule has 0 spiro atoms. The lowest BCUT2D eigenvalue weighted by Crippen LogP contribution is -2.26. The number of methoxy groups -OCH3 is 3. The normalized spacial score (nSPS) is 11.9. The van der Waals surface area contributed by atoms with Gasteiger partial charge in [0.15, 0.2) is 11.5 Å². The second-order valence-corrected chi connectivity index (χ2v) is 6.24. The minimum absolute atomic E-state index is 0.0910. The van der Waals surface area contributed by atoms with E-state index in [1.807, 2.05) is 31.2 Å². The number of halogens is 1. The number of amides is 1. The Balaban J connectivity index is 2.16. The highest BCUT2D eigenvalue weighted by Crippen LogP contribution is 2.35. The molecule has 2 aromatic carbocycles. The number of nitrogens with one attached hydrogen (secondary N) is 1. The zero-order chi connectivity index (χ0) is 19.8. The summed E-state index contributed by atoms with van der Waals surface area (Å²) in [6.45, 7) is 2.01. The first kappa shape index (κ1) is 20.6. The lowest BCUT2D eigenvalue weighted by Gasteiger charge is -2.16. The first-order valence-electron chi connectivity index (χ1n) is 8.56. The molecule has 0 aliphatic heterocycles. The Morgan fingerprint density at radius 3 is 2.19 bits per heavy atom. The monoisotopic (exact) mass is 389 g/mol. The van der Waals surface area contributed by atoms with E-state index >= 15 is 0 Å². The van der Waals surface area contributed by atoms with E-state index in [1.165, 1.54) is 6.08 Å². The molecule has 0 heterocycles. The molecule has 0 saturated heterocycles. The van der Waals surface area contributed by atoms with Crippen molar-refractivity contribution in [1.82, 2.24) is 5.32 Å². The molecule has 144 valence electrons. The molecule has 27 heavy (non-hydrogen) atoms. The molecule has 0 saturated carbocycles. The summed E-state index contributed by atoms with van der Waals surface area (Å²) in [6, 6.07) is 10.9. The van der Waals surface area contributed by atoms with Gasteiger partial charge >= 0.3 is 0 Å². The zero-order valence-corrected chi connectivity index (χ0v) is 16.7. The number of rotatable bonds is 8. The summed E-state index contributed by atoms with van der Waals surface area (Å²) in [4.78, 5) is 12.4. The second-order valence-electron chi connectivity index (χ2n) is 5.80. The molecule has 1 amide bonds. The summed E-state index contributed by atoms with van der Waals surface area (Å²) in [7, 11) is 4.68. The van der Waals surface area contributed by atoms with Gasteiger partial charge in [0.1, 0.15) is 5.75 Å². The molecule has 6 heteroatoms. The molecule has 2 aromatic rings. The van der Waals surface area contributed by atoms with Gasteiger partial charge in [0.2, 0.25) is 5.91 Å². The average Bonchev–Trinajstić information content (AvgIpc) is 2.70. The third-order valence-corrected chi connectivity index (χ3v) is 4.40. The minimum atomic E-state index is -0.200. The summed E-state index contributed by atoms with van der Waals surface area (Å²) in [5.74, 6) is 1.51. The maximum Gasteiger partial charge on any atom is 0.244 e. The molecule has 0 aliphatic carbocycles. The molecule has 1 unspecified atom stereocenters. The summed E-state index contributed by atoms with van der Waals surface area (Å²) < 4.78 is 15.9. The van der Waals surface area contributed by atoms with Gasteiger partial charge < -0.3 is 19.5 Å². The van der Waals surface area contributed by atoms with Crippen LogP contribution in [-0.2, 0) is 4.79 Å². The van der Waals surface area contributed by atoms with Crippen molar-refractivity contribution in [2.45, 2.75) is 19.4 Å². The van der Waals surface area contributed by atoms with E-state index < -0.39 is 0 Å². The quantitative estimate of drug-likeness (QED) is 0.668. The molecular weight excluding hydrogens is 366 g/mol. The molecule has 0 radical (unpaired) electrons. The molecule has 2 rings (SSSR count). The number of ether oxygens (including phenoxy) is 3. The van der Waals surface area contributed by atoms with Crippen molar-refractivity contribution in [2.24, 2.45) is 0 Å².